The second-order valence-electron chi connectivity index (χ2n) is 4.68. The van der Waals surface area contributed by atoms with Gasteiger partial charge in [-0.05, 0) is 13.5 Å². The van der Waals surface area contributed by atoms with Gasteiger partial charge in [-0.15, -0.1) is 0 Å². The highest BCUT2D eigenvalue weighted by Crippen LogP contribution is 2.26. The zero-order valence-electron chi connectivity index (χ0n) is 11.4. The highest BCUT2D eigenvalue weighted by molar-refractivity contribution is 8.00. The van der Waals surface area contributed by atoms with Crippen LogP contribution in [0.3, 0.4) is 0 Å². The number of thioether (sulfide) groups is 1. The van der Waals surface area contributed by atoms with Gasteiger partial charge in [0, 0.05) is 48.1 Å². The number of aromatic nitrogens is 2. The van der Waals surface area contributed by atoms with Crippen LogP contribution in [0.4, 0.5) is 5.95 Å². The van der Waals surface area contributed by atoms with Gasteiger partial charge in [0.2, 0.25) is 5.95 Å². The molecule has 1 aliphatic heterocycles. The molecule has 2 unspecified atom stereocenters. The second-order valence-corrected chi connectivity index (χ2v) is 6.17. The van der Waals surface area contributed by atoms with Gasteiger partial charge in [-0.25, -0.2) is 9.97 Å². The van der Waals surface area contributed by atoms with Crippen molar-refractivity contribution in [1.82, 2.24) is 15.3 Å². The quantitative estimate of drug-likeness (QED) is 0.901. The third-order valence-electron chi connectivity index (χ3n) is 3.41. The predicted molar refractivity (Wildman–Crippen MR) is 78.1 cm³/mol. The minimum absolute atomic E-state index is 0.503. The Hall–Kier alpha value is -0.810. The number of hydrogen-bond donors (Lipinski definition) is 1. The van der Waals surface area contributed by atoms with E-state index in [2.05, 4.69) is 41.0 Å². The first-order chi connectivity index (χ1) is 8.72. The molecule has 0 aliphatic carbocycles. The summed E-state index contributed by atoms with van der Waals surface area (Å²) < 4.78 is 0. The summed E-state index contributed by atoms with van der Waals surface area (Å²) in [5.41, 5.74) is 1.15. The maximum Gasteiger partial charge on any atom is 0.225 e. The summed E-state index contributed by atoms with van der Waals surface area (Å²) in [5.74, 6) is 2.03. The fourth-order valence-electron chi connectivity index (χ4n) is 2.07. The maximum absolute atomic E-state index is 4.51. The highest BCUT2D eigenvalue weighted by Gasteiger charge is 2.26. The predicted octanol–water partition coefficient (Wildman–Crippen LogP) is 1.92. The van der Waals surface area contributed by atoms with Crippen molar-refractivity contribution in [3.8, 4) is 0 Å². The number of rotatable bonds is 4. The number of nitrogens with zero attached hydrogens (tertiary/aromatic N) is 3. The molecule has 2 rings (SSSR count). The first-order valence-electron chi connectivity index (χ1n) is 6.62. The van der Waals surface area contributed by atoms with Crippen molar-refractivity contribution in [3.05, 3.63) is 18.0 Å². The van der Waals surface area contributed by atoms with Gasteiger partial charge in [0.1, 0.15) is 0 Å². The van der Waals surface area contributed by atoms with Crippen molar-refractivity contribution in [2.75, 3.05) is 23.7 Å². The highest BCUT2D eigenvalue weighted by atomic mass is 32.2. The fraction of sp³-hybridized carbons (Fsp3) is 0.692. The second kappa shape index (κ2) is 6.38. The average molecular weight is 266 g/mol. The van der Waals surface area contributed by atoms with Crippen LogP contribution < -0.4 is 10.2 Å². The Morgan fingerprint density at radius 1 is 1.39 bits per heavy atom. The monoisotopic (exact) mass is 266 g/mol. The molecule has 0 amide bonds. The molecule has 18 heavy (non-hydrogen) atoms. The summed E-state index contributed by atoms with van der Waals surface area (Å²) >= 11 is 2.03. The summed E-state index contributed by atoms with van der Waals surface area (Å²) in [4.78, 5) is 11.3. The van der Waals surface area contributed by atoms with Crippen LogP contribution in [0.15, 0.2) is 12.4 Å². The van der Waals surface area contributed by atoms with Crippen molar-refractivity contribution in [2.24, 2.45) is 0 Å². The van der Waals surface area contributed by atoms with Crippen molar-refractivity contribution in [3.63, 3.8) is 0 Å². The molecule has 1 saturated heterocycles. The molecule has 1 N–H and O–H groups in total. The Balaban J connectivity index is 2.04. The summed E-state index contributed by atoms with van der Waals surface area (Å²) in [7, 11) is 0. The number of nitrogens with one attached hydrogen (secondary N) is 1. The smallest absolute Gasteiger partial charge is 0.225 e. The van der Waals surface area contributed by atoms with E-state index in [4.69, 9.17) is 0 Å². The first-order valence-corrected chi connectivity index (χ1v) is 7.67. The van der Waals surface area contributed by atoms with Gasteiger partial charge in [-0.2, -0.15) is 11.8 Å². The maximum atomic E-state index is 4.51. The topological polar surface area (TPSA) is 41.1 Å². The van der Waals surface area contributed by atoms with Gasteiger partial charge < -0.3 is 10.2 Å². The molecule has 2 atom stereocenters. The molecule has 1 fully saturated rings. The minimum Gasteiger partial charge on any atom is -0.336 e. The Bertz CT molecular complexity index is 368. The van der Waals surface area contributed by atoms with E-state index < -0.39 is 0 Å². The lowest BCUT2D eigenvalue weighted by Gasteiger charge is -2.37. The van der Waals surface area contributed by atoms with Gasteiger partial charge in [-0.3, -0.25) is 0 Å². The van der Waals surface area contributed by atoms with E-state index in [1.165, 1.54) is 0 Å². The molecular formula is C13H22N4S. The lowest BCUT2D eigenvalue weighted by atomic mass is 10.2. The standard InChI is InChI=1S/C13H22N4S/c1-4-14-7-12-8-15-13(16-9-12)17-5-6-18-11(3)10(17)2/h8-11,14H,4-7H2,1-3H3. The van der Waals surface area contributed by atoms with Gasteiger partial charge in [0.25, 0.3) is 0 Å². The van der Waals surface area contributed by atoms with Crippen molar-refractivity contribution < 1.29 is 0 Å². The molecule has 1 aromatic heterocycles. The minimum atomic E-state index is 0.503. The van der Waals surface area contributed by atoms with E-state index in [9.17, 15) is 0 Å². The largest absolute Gasteiger partial charge is 0.336 e. The van der Waals surface area contributed by atoms with E-state index in [1.54, 1.807) is 0 Å². The van der Waals surface area contributed by atoms with E-state index in [-0.39, 0.29) is 0 Å². The fourth-order valence-corrected chi connectivity index (χ4v) is 3.17. The van der Waals surface area contributed by atoms with E-state index in [0.717, 1.165) is 36.9 Å². The molecule has 0 aromatic carbocycles. The van der Waals surface area contributed by atoms with Crippen LogP contribution in [0.5, 0.6) is 0 Å². The van der Waals surface area contributed by atoms with Crippen molar-refractivity contribution in [2.45, 2.75) is 38.6 Å². The summed E-state index contributed by atoms with van der Waals surface area (Å²) in [5, 5.41) is 3.92. The van der Waals surface area contributed by atoms with Crippen molar-refractivity contribution in [1.29, 1.82) is 0 Å². The molecule has 0 bridgehead atoms. The Labute approximate surface area is 114 Å². The molecule has 4 nitrogen and oxygen atoms in total. The summed E-state index contributed by atoms with van der Waals surface area (Å²) in [6.45, 7) is 9.50. The Kier molecular flexibility index (Phi) is 4.83. The van der Waals surface area contributed by atoms with Crippen LogP contribution in [0, 0.1) is 0 Å². The summed E-state index contributed by atoms with van der Waals surface area (Å²) in [6.07, 6.45) is 3.87. The molecule has 1 aliphatic rings. The Morgan fingerprint density at radius 2 is 2.11 bits per heavy atom. The molecule has 0 radical (unpaired) electrons. The SMILES string of the molecule is CCNCc1cnc(N2CCSC(C)C2C)nc1. The molecule has 0 spiro atoms. The molecule has 0 saturated carbocycles. The van der Waals surface area contributed by atoms with Crippen LogP contribution in [-0.4, -0.2) is 40.1 Å². The molecule has 1 aromatic rings. The van der Waals surface area contributed by atoms with E-state index in [0.29, 0.717) is 11.3 Å². The van der Waals surface area contributed by atoms with Gasteiger partial charge in [0.05, 0.1) is 0 Å². The third-order valence-corrected chi connectivity index (χ3v) is 4.75. The van der Waals surface area contributed by atoms with E-state index >= 15 is 0 Å². The zero-order valence-corrected chi connectivity index (χ0v) is 12.2. The van der Waals surface area contributed by atoms with Gasteiger partial charge in [-0.1, -0.05) is 13.8 Å². The third kappa shape index (κ3) is 3.14. The van der Waals surface area contributed by atoms with Crippen LogP contribution in [0.25, 0.3) is 0 Å². The first kappa shape index (κ1) is 13.6. The zero-order chi connectivity index (χ0) is 13.0. The lowest BCUT2D eigenvalue weighted by Crippen LogP contribution is -2.45. The lowest BCUT2D eigenvalue weighted by molar-refractivity contribution is 0.610. The normalized spacial score (nSPS) is 24.3. The van der Waals surface area contributed by atoms with Crippen LogP contribution >= 0.6 is 11.8 Å². The molecular weight excluding hydrogens is 244 g/mol. The molecule has 2 heterocycles. The molecule has 5 heteroatoms. The number of anilines is 1. The van der Waals surface area contributed by atoms with Crippen LogP contribution in [0.1, 0.15) is 26.3 Å². The average Bonchev–Trinajstić information content (AvgIpc) is 2.40. The van der Waals surface area contributed by atoms with Gasteiger partial charge >= 0.3 is 0 Å². The van der Waals surface area contributed by atoms with Crippen molar-refractivity contribution >= 4 is 17.7 Å². The van der Waals surface area contributed by atoms with E-state index in [1.807, 2.05) is 24.2 Å². The number of hydrogen-bond acceptors (Lipinski definition) is 5. The van der Waals surface area contributed by atoms with Crippen LogP contribution in [0.2, 0.25) is 0 Å². The molecule has 100 valence electrons. The van der Waals surface area contributed by atoms with Gasteiger partial charge in [0.15, 0.2) is 0 Å². The Morgan fingerprint density at radius 3 is 2.78 bits per heavy atom. The summed E-state index contributed by atoms with van der Waals surface area (Å²) in [6, 6.07) is 0.503. The van der Waals surface area contributed by atoms with Crippen LogP contribution in [-0.2, 0) is 6.54 Å².